The van der Waals surface area contributed by atoms with Gasteiger partial charge in [-0.15, -0.1) is 0 Å². The maximum Gasteiger partial charge on any atom is 0.163 e. The van der Waals surface area contributed by atoms with Gasteiger partial charge in [0.05, 0.1) is 12.2 Å². The summed E-state index contributed by atoms with van der Waals surface area (Å²) in [5.41, 5.74) is 4.26. The van der Waals surface area contributed by atoms with Crippen LogP contribution in [0.5, 0.6) is 0 Å². The van der Waals surface area contributed by atoms with E-state index in [1.54, 1.807) is 0 Å². The van der Waals surface area contributed by atoms with Crippen molar-refractivity contribution in [3.63, 3.8) is 0 Å². The van der Waals surface area contributed by atoms with Crippen LogP contribution < -0.4 is 0 Å². The minimum absolute atomic E-state index is 0.204. The first-order valence-corrected chi connectivity index (χ1v) is 17.9. The van der Waals surface area contributed by atoms with E-state index in [2.05, 4.69) is 53.9 Å². The smallest absolute Gasteiger partial charge is 0.163 e. The van der Waals surface area contributed by atoms with E-state index in [-0.39, 0.29) is 29.5 Å². The zero-order valence-electron chi connectivity index (χ0n) is 28.2. The van der Waals surface area contributed by atoms with Gasteiger partial charge in [0.1, 0.15) is 6.29 Å². The predicted octanol–water partition coefficient (Wildman–Crippen LogP) is 8.16. The molecule has 2 heterocycles. The number of allylic oxidation sites excluding steroid dienone is 3. The Morgan fingerprint density at radius 1 is 0.864 bits per heavy atom. The molecule has 2 N–H and O–H groups in total. The van der Waals surface area contributed by atoms with E-state index in [1.807, 2.05) is 0 Å². The molecule has 2 aliphatic heterocycles. The second kappa shape index (κ2) is 12.1. The molecule has 0 aromatic heterocycles. The Morgan fingerprint density at radius 2 is 1.55 bits per heavy atom. The topological polar surface area (TPSA) is 76.0 Å². The molecule has 0 amide bonds. The van der Waals surface area contributed by atoms with Crippen LogP contribution in [0.15, 0.2) is 36.0 Å². The van der Waals surface area contributed by atoms with Gasteiger partial charge < -0.3 is 19.7 Å². The minimum atomic E-state index is -1.09. The maximum absolute atomic E-state index is 12.5. The van der Waals surface area contributed by atoms with Crippen molar-refractivity contribution in [1.29, 1.82) is 0 Å². The zero-order chi connectivity index (χ0) is 31.6. The van der Waals surface area contributed by atoms with Crippen LogP contribution in [0.4, 0.5) is 0 Å². The quantitative estimate of drug-likeness (QED) is 0.173. The summed E-state index contributed by atoms with van der Waals surface area (Å²) in [6.45, 7) is 21.3. The lowest BCUT2D eigenvalue weighted by atomic mass is 9.47. The molecule has 0 aromatic carbocycles. The highest BCUT2D eigenvalue weighted by Crippen LogP contribution is 2.62. The molecule has 0 spiro atoms. The van der Waals surface area contributed by atoms with Gasteiger partial charge in [-0.3, -0.25) is 4.79 Å². The largest absolute Gasteiger partial charge is 0.374 e. The molecule has 44 heavy (non-hydrogen) atoms. The Balaban J connectivity index is 1.19. The van der Waals surface area contributed by atoms with Crippen molar-refractivity contribution in [1.82, 2.24) is 0 Å². The van der Waals surface area contributed by atoms with Crippen LogP contribution in [-0.2, 0) is 14.3 Å². The third-order valence-electron chi connectivity index (χ3n) is 14.3. The summed E-state index contributed by atoms with van der Waals surface area (Å²) < 4.78 is 12.4. The predicted molar refractivity (Wildman–Crippen MR) is 174 cm³/mol. The van der Waals surface area contributed by atoms with Crippen LogP contribution in [0.25, 0.3) is 0 Å². The van der Waals surface area contributed by atoms with Gasteiger partial charge in [0, 0.05) is 18.3 Å². The van der Waals surface area contributed by atoms with Gasteiger partial charge in [-0.25, -0.2) is 0 Å². The number of aldehydes is 1. The van der Waals surface area contributed by atoms with Crippen LogP contribution in [0.3, 0.4) is 0 Å². The molecule has 6 fully saturated rings. The summed E-state index contributed by atoms with van der Waals surface area (Å²) >= 11 is 0. The van der Waals surface area contributed by atoms with E-state index < -0.39 is 12.6 Å². The van der Waals surface area contributed by atoms with Gasteiger partial charge >= 0.3 is 0 Å². The van der Waals surface area contributed by atoms with Gasteiger partial charge in [0.25, 0.3) is 0 Å². The number of aliphatic hydroxyl groups excluding tert-OH is 2. The van der Waals surface area contributed by atoms with Crippen molar-refractivity contribution in [2.24, 2.45) is 57.7 Å². The van der Waals surface area contributed by atoms with Gasteiger partial charge in [-0.1, -0.05) is 77.8 Å². The molecule has 0 bridgehead atoms. The second-order valence-electron chi connectivity index (χ2n) is 17.5. The lowest BCUT2D eigenvalue weighted by Crippen LogP contribution is -2.49. The number of ether oxygens (including phenoxy) is 2. The molecule has 5 nitrogen and oxygen atoms in total. The Kier molecular flexibility index (Phi) is 8.96. The van der Waals surface area contributed by atoms with Crippen molar-refractivity contribution in [3.05, 3.63) is 36.0 Å². The van der Waals surface area contributed by atoms with E-state index in [0.717, 1.165) is 37.5 Å². The lowest BCUT2D eigenvalue weighted by molar-refractivity contribution is -0.197. The minimum Gasteiger partial charge on any atom is -0.374 e. The summed E-state index contributed by atoms with van der Waals surface area (Å²) in [5, 5.41) is 21.9. The zero-order valence-corrected chi connectivity index (χ0v) is 28.2. The van der Waals surface area contributed by atoms with E-state index in [9.17, 15) is 15.0 Å². The van der Waals surface area contributed by atoms with Crippen molar-refractivity contribution >= 4 is 6.29 Å². The molecular formula is C39H60O5. The first-order valence-electron chi connectivity index (χ1n) is 17.9. The molecule has 0 aromatic rings. The second-order valence-corrected chi connectivity index (χ2v) is 17.5. The summed E-state index contributed by atoms with van der Waals surface area (Å²) in [7, 11) is 0. The molecule has 12 atom stereocenters. The fraction of sp³-hybridized carbons (Fsp3) is 0.821. The number of carbonyl (C=O) groups excluding carboxylic acids is 1. The van der Waals surface area contributed by atoms with Crippen LogP contribution >= 0.6 is 0 Å². The van der Waals surface area contributed by atoms with E-state index >= 15 is 0 Å². The molecule has 4 aliphatic carbocycles. The molecule has 6 rings (SSSR count). The van der Waals surface area contributed by atoms with Crippen LogP contribution in [0, 0.1) is 57.7 Å². The Bertz CT molecular complexity index is 1150. The van der Waals surface area contributed by atoms with Crippen molar-refractivity contribution in [2.75, 3.05) is 0 Å². The number of carbonyl (C=O) groups is 1. The number of fused-ring (bicyclic) bond motifs is 3. The van der Waals surface area contributed by atoms with Crippen molar-refractivity contribution in [2.45, 2.75) is 143 Å². The molecule has 2 saturated heterocycles. The Labute approximate surface area is 266 Å². The number of hydrogen-bond acceptors (Lipinski definition) is 5. The van der Waals surface area contributed by atoms with Gasteiger partial charge in [0.15, 0.2) is 12.6 Å². The molecule has 0 radical (unpaired) electrons. The standard InChI is InChI=1S/C39H60O5/c1-23-11-14-29-26(10-8-17-37(29,3)4)27(23)21-31-34-33(35(41)44-36(34)42)30(43-31)20-25(22-40)13-15-28-24(2)12-16-32-38(5,6)18-9-19-39(28,32)7/h13,22,26-36,41-42H,1-2,8-12,14-21H2,3-7H3/b25-13+/t26-,27+,28-,29-,30+,31+,32+,33-,34-,35-,36+,39+/m1/s1. The molecule has 5 heteroatoms. The average Bonchev–Trinajstić information content (AvgIpc) is 3.45. The third kappa shape index (κ3) is 5.64. The van der Waals surface area contributed by atoms with Crippen LogP contribution in [-0.4, -0.2) is 41.3 Å². The summed E-state index contributed by atoms with van der Waals surface area (Å²) in [4.78, 5) is 12.5. The molecule has 6 aliphatic rings. The van der Waals surface area contributed by atoms with Crippen LogP contribution in [0.1, 0.15) is 118 Å². The lowest BCUT2D eigenvalue weighted by Gasteiger charge is -2.58. The highest BCUT2D eigenvalue weighted by atomic mass is 16.7. The first-order chi connectivity index (χ1) is 20.8. The number of aliphatic hydroxyl groups is 2. The highest BCUT2D eigenvalue weighted by molar-refractivity contribution is 5.73. The summed E-state index contributed by atoms with van der Waals surface area (Å²) in [6, 6.07) is 0. The fourth-order valence-electron chi connectivity index (χ4n) is 12.0. The Hall–Kier alpha value is -1.27. The Morgan fingerprint density at radius 3 is 2.27 bits per heavy atom. The van der Waals surface area contributed by atoms with Gasteiger partial charge in [-0.05, 0) is 116 Å². The molecule has 246 valence electrons. The highest BCUT2D eigenvalue weighted by Gasteiger charge is 2.58. The first kappa shape index (κ1) is 32.7. The SMILES string of the molecule is C=C1CC[C@H]2C(C)(C)CCC[C@@]2(C)[C@@H]1C/C=C(/C=O)C[C@@H]1O[C@@H](C[C@H]2C(=C)CC[C@@H]3[C@@H]2CCCC3(C)C)[C@@H]2[C@@H]1[C@H](O)O[C@@H]2O. The molecular weight excluding hydrogens is 548 g/mol. The summed E-state index contributed by atoms with van der Waals surface area (Å²) in [6.07, 6.45) is 14.5. The maximum atomic E-state index is 12.5. The summed E-state index contributed by atoms with van der Waals surface area (Å²) in [5.74, 6) is 2.03. The van der Waals surface area contributed by atoms with Crippen LogP contribution in [0.2, 0.25) is 0 Å². The van der Waals surface area contributed by atoms with Crippen molar-refractivity contribution < 1.29 is 24.5 Å². The van der Waals surface area contributed by atoms with E-state index in [0.29, 0.717) is 46.8 Å². The molecule has 4 saturated carbocycles. The third-order valence-corrected chi connectivity index (χ3v) is 14.3. The van der Waals surface area contributed by atoms with Crippen molar-refractivity contribution in [3.8, 4) is 0 Å². The number of hydrogen-bond donors (Lipinski definition) is 2. The van der Waals surface area contributed by atoms with Gasteiger partial charge in [-0.2, -0.15) is 0 Å². The normalized spacial score (nSPS) is 46.7. The monoisotopic (exact) mass is 608 g/mol. The van der Waals surface area contributed by atoms with E-state index in [1.165, 1.54) is 62.5 Å². The van der Waals surface area contributed by atoms with E-state index in [4.69, 9.17) is 9.47 Å². The molecule has 0 unspecified atom stereocenters. The fourth-order valence-corrected chi connectivity index (χ4v) is 12.0. The number of rotatable bonds is 7. The average molecular weight is 609 g/mol. The van der Waals surface area contributed by atoms with Gasteiger partial charge in [0.2, 0.25) is 0 Å².